The van der Waals surface area contributed by atoms with Gasteiger partial charge >= 0.3 is 11.9 Å². The minimum atomic E-state index is -1.43. The van der Waals surface area contributed by atoms with E-state index in [1.54, 1.807) is 48.5 Å². The first-order valence-corrected chi connectivity index (χ1v) is 12.3. The van der Waals surface area contributed by atoms with E-state index in [1.165, 1.54) is 11.8 Å². The number of nitrogens with one attached hydrogen (secondary N) is 1. The third-order valence-electron chi connectivity index (χ3n) is 5.64. The van der Waals surface area contributed by atoms with Crippen LogP contribution in [0.25, 0.3) is 0 Å². The van der Waals surface area contributed by atoms with E-state index in [-0.39, 0.29) is 29.4 Å². The van der Waals surface area contributed by atoms with Crippen molar-refractivity contribution in [2.75, 3.05) is 16.8 Å². The van der Waals surface area contributed by atoms with Gasteiger partial charge in [-0.15, -0.1) is 11.8 Å². The van der Waals surface area contributed by atoms with E-state index in [0.717, 1.165) is 23.1 Å². The first kappa shape index (κ1) is 26.4. The molecular formula is C27H22N2O8S. The summed E-state index contributed by atoms with van der Waals surface area (Å²) in [4.78, 5) is 62.7. The molecule has 11 heteroatoms. The van der Waals surface area contributed by atoms with Crippen LogP contribution in [0.15, 0.2) is 71.6 Å². The summed E-state index contributed by atoms with van der Waals surface area (Å²) in [5.74, 6) is -3.44. The summed E-state index contributed by atoms with van der Waals surface area (Å²) in [6.45, 7) is 2.37. The Balaban J connectivity index is 1.42. The fourth-order valence-electron chi connectivity index (χ4n) is 3.86. The average Bonchev–Trinajstić information content (AvgIpc) is 3.17. The van der Waals surface area contributed by atoms with Crippen LogP contribution in [0.5, 0.6) is 5.75 Å². The minimum absolute atomic E-state index is 0.0412. The highest BCUT2D eigenvalue weighted by Crippen LogP contribution is 2.35. The number of carboxylic acid groups (broad SMARTS) is 2. The molecule has 0 aromatic heterocycles. The fraction of sp³-hybridized carbons (Fsp3) is 0.148. The molecule has 3 amide bonds. The molecule has 0 radical (unpaired) electrons. The van der Waals surface area contributed by atoms with E-state index in [2.05, 4.69) is 5.32 Å². The van der Waals surface area contributed by atoms with E-state index < -0.39 is 28.7 Å². The Morgan fingerprint density at radius 3 is 2.24 bits per heavy atom. The van der Waals surface area contributed by atoms with Gasteiger partial charge in [-0.1, -0.05) is 0 Å². The van der Waals surface area contributed by atoms with E-state index in [1.807, 2.05) is 6.92 Å². The van der Waals surface area contributed by atoms with Crippen LogP contribution in [-0.4, -0.2) is 51.7 Å². The molecule has 0 spiro atoms. The normalized spacial score (nSPS) is 14.9. The number of amides is 3. The molecule has 3 N–H and O–H groups in total. The maximum atomic E-state index is 13.0. The molecule has 1 saturated heterocycles. The Hall–Kier alpha value is -4.64. The number of carbonyl (C=O) groups is 5. The third kappa shape index (κ3) is 5.68. The molecule has 4 rings (SSSR count). The van der Waals surface area contributed by atoms with Crippen LogP contribution < -0.4 is 15.0 Å². The molecule has 1 aliphatic rings. The summed E-state index contributed by atoms with van der Waals surface area (Å²) in [5, 5.41) is 20.4. The summed E-state index contributed by atoms with van der Waals surface area (Å²) < 4.78 is 5.40. The molecule has 3 aromatic carbocycles. The number of ether oxygens (including phenoxy) is 1. The molecule has 0 saturated carbocycles. The van der Waals surface area contributed by atoms with Gasteiger partial charge < -0.3 is 20.3 Å². The summed E-state index contributed by atoms with van der Waals surface area (Å²) in [5.41, 5.74) is -0.0348. The molecule has 1 atom stereocenters. The largest absolute Gasteiger partial charge is 0.494 e. The SMILES string of the molecule is CCOc1ccc(N2C(=O)CC(Sc3ccc(NC(=O)c4ccc(C(=O)O)cc4C(=O)O)cc3)C2=O)cc1. The number of anilines is 2. The summed E-state index contributed by atoms with van der Waals surface area (Å²) in [6.07, 6.45) is 0.0412. The van der Waals surface area contributed by atoms with Gasteiger partial charge in [0.05, 0.1) is 34.2 Å². The van der Waals surface area contributed by atoms with Gasteiger partial charge in [0, 0.05) is 17.0 Å². The van der Waals surface area contributed by atoms with Crippen LogP contribution in [-0.2, 0) is 9.59 Å². The second kappa shape index (κ2) is 11.2. The topological polar surface area (TPSA) is 150 Å². The van der Waals surface area contributed by atoms with Crippen molar-refractivity contribution in [3.63, 3.8) is 0 Å². The maximum absolute atomic E-state index is 13.0. The Morgan fingerprint density at radius 1 is 0.947 bits per heavy atom. The Morgan fingerprint density at radius 2 is 1.63 bits per heavy atom. The predicted molar refractivity (Wildman–Crippen MR) is 139 cm³/mol. The maximum Gasteiger partial charge on any atom is 0.336 e. The van der Waals surface area contributed by atoms with Gasteiger partial charge in [0.1, 0.15) is 5.75 Å². The smallest absolute Gasteiger partial charge is 0.336 e. The highest BCUT2D eigenvalue weighted by Gasteiger charge is 2.40. The highest BCUT2D eigenvalue weighted by atomic mass is 32.2. The monoisotopic (exact) mass is 534 g/mol. The Labute approximate surface area is 221 Å². The number of hydrogen-bond donors (Lipinski definition) is 3. The van der Waals surface area contributed by atoms with Crippen molar-refractivity contribution in [1.29, 1.82) is 0 Å². The number of carboxylic acids is 2. The molecule has 3 aromatic rings. The summed E-state index contributed by atoms with van der Waals surface area (Å²) in [6, 6.07) is 16.5. The van der Waals surface area contributed by atoms with Crippen molar-refractivity contribution < 1.29 is 38.9 Å². The zero-order chi connectivity index (χ0) is 27.4. The number of imide groups is 1. The number of carbonyl (C=O) groups excluding carboxylic acids is 3. The second-order valence-electron chi connectivity index (χ2n) is 8.15. The molecule has 1 aliphatic heterocycles. The van der Waals surface area contributed by atoms with Crippen LogP contribution in [0.3, 0.4) is 0 Å². The van der Waals surface area contributed by atoms with Crippen LogP contribution in [0.1, 0.15) is 44.4 Å². The van der Waals surface area contributed by atoms with Crippen molar-refractivity contribution >= 4 is 52.8 Å². The third-order valence-corrected chi connectivity index (χ3v) is 6.84. The quantitative estimate of drug-likeness (QED) is 0.344. The van der Waals surface area contributed by atoms with Crippen molar-refractivity contribution in [3.8, 4) is 5.75 Å². The molecule has 38 heavy (non-hydrogen) atoms. The molecular weight excluding hydrogens is 512 g/mol. The lowest BCUT2D eigenvalue weighted by Gasteiger charge is -2.15. The van der Waals surface area contributed by atoms with Gasteiger partial charge in [0.25, 0.3) is 5.91 Å². The fourth-order valence-corrected chi connectivity index (χ4v) is 4.91. The van der Waals surface area contributed by atoms with E-state index in [0.29, 0.717) is 28.6 Å². The first-order valence-electron chi connectivity index (χ1n) is 11.5. The van der Waals surface area contributed by atoms with Gasteiger partial charge in [-0.3, -0.25) is 14.4 Å². The summed E-state index contributed by atoms with van der Waals surface area (Å²) >= 11 is 1.22. The standard InChI is InChI=1S/C27H22N2O8S/c1-2-37-18-8-6-17(7-9-18)29-23(30)14-22(25(29)32)38-19-10-4-16(5-11-19)28-24(31)20-12-3-15(26(33)34)13-21(20)27(35)36/h3-13,22H,2,14H2,1H3,(H,28,31)(H,33,34)(H,35,36). The number of nitrogens with zero attached hydrogens (tertiary/aromatic N) is 1. The molecule has 10 nitrogen and oxygen atoms in total. The van der Waals surface area contributed by atoms with Gasteiger partial charge in [0.2, 0.25) is 11.8 Å². The van der Waals surface area contributed by atoms with E-state index >= 15 is 0 Å². The first-order chi connectivity index (χ1) is 18.2. The van der Waals surface area contributed by atoms with Crippen molar-refractivity contribution in [2.45, 2.75) is 23.5 Å². The van der Waals surface area contributed by atoms with Gasteiger partial charge in [0.15, 0.2) is 0 Å². The van der Waals surface area contributed by atoms with Crippen molar-refractivity contribution in [2.24, 2.45) is 0 Å². The molecule has 0 bridgehead atoms. The van der Waals surface area contributed by atoms with Crippen LogP contribution in [0, 0.1) is 0 Å². The van der Waals surface area contributed by atoms with Crippen LogP contribution >= 0.6 is 11.8 Å². The van der Waals surface area contributed by atoms with Crippen LogP contribution in [0.4, 0.5) is 11.4 Å². The molecule has 0 aliphatic carbocycles. The zero-order valence-corrected chi connectivity index (χ0v) is 20.9. The van der Waals surface area contributed by atoms with Gasteiger partial charge in [-0.25, -0.2) is 14.5 Å². The molecule has 1 heterocycles. The van der Waals surface area contributed by atoms with Gasteiger partial charge in [-0.2, -0.15) is 0 Å². The van der Waals surface area contributed by atoms with Crippen molar-refractivity contribution in [1.82, 2.24) is 0 Å². The predicted octanol–water partition coefficient (Wildman–Crippen LogP) is 4.16. The lowest BCUT2D eigenvalue weighted by molar-refractivity contribution is -0.121. The van der Waals surface area contributed by atoms with Crippen molar-refractivity contribution in [3.05, 3.63) is 83.4 Å². The Kier molecular flexibility index (Phi) is 7.77. The number of thioether (sulfide) groups is 1. The molecule has 1 fully saturated rings. The number of benzene rings is 3. The minimum Gasteiger partial charge on any atom is -0.494 e. The highest BCUT2D eigenvalue weighted by molar-refractivity contribution is 8.00. The van der Waals surface area contributed by atoms with Crippen LogP contribution in [0.2, 0.25) is 0 Å². The number of aromatic carboxylic acids is 2. The van der Waals surface area contributed by atoms with E-state index in [9.17, 15) is 29.1 Å². The zero-order valence-electron chi connectivity index (χ0n) is 20.0. The summed E-state index contributed by atoms with van der Waals surface area (Å²) in [7, 11) is 0. The second-order valence-corrected chi connectivity index (χ2v) is 9.43. The molecule has 1 unspecified atom stereocenters. The molecule has 194 valence electrons. The number of rotatable bonds is 9. The van der Waals surface area contributed by atoms with E-state index in [4.69, 9.17) is 9.84 Å². The lowest BCUT2D eigenvalue weighted by atomic mass is 10.0. The number of hydrogen-bond acceptors (Lipinski definition) is 7. The van der Waals surface area contributed by atoms with Gasteiger partial charge in [-0.05, 0) is 73.7 Å². The lowest BCUT2D eigenvalue weighted by Crippen LogP contribution is -2.31. The Bertz CT molecular complexity index is 1420. The average molecular weight is 535 g/mol.